The molecule has 2 heteroatoms. The van der Waals surface area contributed by atoms with Crippen LogP contribution in [-0.4, -0.2) is 30.1 Å². The molecule has 2 N–H and O–H groups in total. The van der Waals surface area contributed by atoms with Crippen molar-refractivity contribution < 1.29 is 0 Å². The second-order valence-corrected chi connectivity index (χ2v) is 5.00. The van der Waals surface area contributed by atoms with E-state index in [4.69, 9.17) is 5.73 Å². The fourth-order valence-corrected chi connectivity index (χ4v) is 2.63. The predicted octanol–water partition coefficient (Wildman–Crippen LogP) is 2.09. The predicted molar refractivity (Wildman–Crippen MR) is 62.3 cm³/mol. The Morgan fingerprint density at radius 2 is 1.57 bits per heavy atom. The highest BCUT2D eigenvalue weighted by Gasteiger charge is 2.38. The van der Waals surface area contributed by atoms with Crippen molar-refractivity contribution in [3.05, 3.63) is 0 Å². The first-order chi connectivity index (χ1) is 6.59. The summed E-state index contributed by atoms with van der Waals surface area (Å²) in [6.07, 6.45) is 2.36. The van der Waals surface area contributed by atoms with Crippen molar-refractivity contribution in [2.75, 3.05) is 19.6 Å². The van der Waals surface area contributed by atoms with E-state index in [0.717, 1.165) is 18.4 Å². The molecule has 1 aliphatic heterocycles. The Labute approximate surface area is 88.8 Å². The maximum Gasteiger partial charge on any atom is 0.0326 e. The van der Waals surface area contributed by atoms with Crippen LogP contribution in [0.4, 0.5) is 0 Å². The molecule has 2 atom stereocenters. The highest BCUT2D eigenvalue weighted by atomic mass is 15.2. The van der Waals surface area contributed by atoms with Crippen LogP contribution >= 0.6 is 0 Å². The Hall–Kier alpha value is -0.0800. The average molecular weight is 198 g/mol. The van der Waals surface area contributed by atoms with Crippen molar-refractivity contribution in [3.63, 3.8) is 0 Å². The molecular formula is C12H26N2. The molecule has 0 amide bonds. The van der Waals surface area contributed by atoms with Crippen molar-refractivity contribution in [3.8, 4) is 0 Å². The van der Waals surface area contributed by atoms with E-state index >= 15 is 0 Å². The van der Waals surface area contributed by atoms with E-state index in [1.807, 2.05) is 0 Å². The van der Waals surface area contributed by atoms with Crippen LogP contribution in [0, 0.1) is 11.8 Å². The van der Waals surface area contributed by atoms with Gasteiger partial charge < -0.3 is 5.73 Å². The Morgan fingerprint density at radius 3 is 1.86 bits per heavy atom. The van der Waals surface area contributed by atoms with Gasteiger partial charge in [-0.1, -0.05) is 27.7 Å². The lowest BCUT2D eigenvalue weighted by molar-refractivity contribution is 0.107. The van der Waals surface area contributed by atoms with E-state index in [2.05, 4.69) is 32.6 Å². The lowest BCUT2D eigenvalue weighted by atomic mass is 9.91. The van der Waals surface area contributed by atoms with Crippen LogP contribution in [0.15, 0.2) is 0 Å². The molecule has 0 aliphatic carbocycles. The van der Waals surface area contributed by atoms with Crippen LogP contribution in [0.2, 0.25) is 0 Å². The van der Waals surface area contributed by atoms with Gasteiger partial charge in [0, 0.05) is 25.2 Å². The summed E-state index contributed by atoms with van der Waals surface area (Å²) in [4.78, 5) is 2.63. The largest absolute Gasteiger partial charge is 0.329 e. The zero-order valence-electron chi connectivity index (χ0n) is 10.2. The van der Waals surface area contributed by atoms with Gasteiger partial charge in [-0.15, -0.1) is 0 Å². The van der Waals surface area contributed by atoms with Gasteiger partial charge in [-0.05, 0) is 24.7 Å². The summed E-state index contributed by atoms with van der Waals surface area (Å²) in [5, 5.41) is 0. The number of nitrogens with zero attached hydrogens (tertiary/aromatic N) is 1. The van der Waals surface area contributed by atoms with Crippen LogP contribution in [-0.2, 0) is 0 Å². The zero-order valence-corrected chi connectivity index (χ0v) is 10.2. The van der Waals surface area contributed by atoms with Crippen LogP contribution in [0.25, 0.3) is 0 Å². The van der Waals surface area contributed by atoms with Gasteiger partial charge in [-0.3, -0.25) is 4.90 Å². The smallest absolute Gasteiger partial charge is 0.0326 e. The first-order valence-electron chi connectivity index (χ1n) is 6.04. The highest BCUT2D eigenvalue weighted by Crippen LogP contribution is 2.32. The first-order valence-corrected chi connectivity index (χ1v) is 6.04. The fraction of sp³-hybridized carbons (Fsp3) is 1.00. The average Bonchev–Trinajstić information content (AvgIpc) is 2.51. The Balaban J connectivity index is 2.71. The Kier molecular flexibility index (Phi) is 3.96. The Morgan fingerprint density at radius 1 is 1.14 bits per heavy atom. The molecule has 0 aromatic rings. The van der Waals surface area contributed by atoms with Gasteiger partial charge in [0.15, 0.2) is 0 Å². The van der Waals surface area contributed by atoms with Crippen LogP contribution in [0.3, 0.4) is 0 Å². The first kappa shape index (κ1) is 12.0. The molecule has 2 unspecified atom stereocenters. The van der Waals surface area contributed by atoms with E-state index in [1.165, 1.54) is 25.9 Å². The molecule has 1 saturated heterocycles. The minimum atomic E-state index is 0.277. The van der Waals surface area contributed by atoms with Gasteiger partial charge in [0.1, 0.15) is 0 Å². The molecule has 1 heterocycles. The molecule has 1 rings (SSSR count). The van der Waals surface area contributed by atoms with Crippen molar-refractivity contribution in [2.45, 2.75) is 46.1 Å². The SMILES string of the molecule is CCC(CC)(CN)N1CC(C)C(C)C1. The monoisotopic (exact) mass is 198 g/mol. The molecule has 0 aromatic carbocycles. The van der Waals surface area contributed by atoms with E-state index in [9.17, 15) is 0 Å². The Bertz CT molecular complexity index is 157. The minimum Gasteiger partial charge on any atom is -0.329 e. The topological polar surface area (TPSA) is 29.3 Å². The fourth-order valence-electron chi connectivity index (χ4n) is 2.63. The number of rotatable bonds is 4. The summed E-state index contributed by atoms with van der Waals surface area (Å²) >= 11 is 0. The van der Waals surface area contributed by atoms with Gasteiger partial charge in [-0.25, -0.2) is 0 Å². The third kappa shape index (κ3) is 1.96. The van der Waals surface area contributed by atoms with Gasteiger partial charge >= 0.3 is 0 Å². The van der Waals surface area contributed by atoms with E-state index < -0.39 is 0 Å². The van der Waals surface area contributed by atoms with Gasteiger partial charge in [-0.2, -0.15) is 0 Å². The molecular weight excluding hydrogens is 172 g/mol. The van der Waals surface area contributed by atoms with Crippen LogP contribution in [0.1, 0.15) is 40.5 Å². The summed E-state index contributed by atoms with van der Waals surface area (Å²) in [5.74, 6) is 1.66. The molecule has 0 aromatic heterocycles. The molecule has 0 bridgehead atoms. The van der Waals surface area contributed by atoms with Gasteiger partial charge in [0.2, 0.25) is 0 Å². The lowest BCUT2D eigenvalue weighted by Gasteiger charge is -2.40. The van der Waals surface area contributed by atoms with Crippen molar-refractivity contribution in [1.29, 1.82) is 0 Å². The van der Waals surface area contributed by atoms with E-state index in [1.54, 1.807) is 0 Å². The highest BCUT2D eigenvalue weighted by molar-refractivity contribution is 4.94. The summed E-state index contributed by atoms with van der Waals surface area (Å²) in [5.41, 5.74) is 6.23. The maximum atomic E-state index is 5.96. The minimum absolute atomic E-state index is 0.277. The maximum absolute atomic E-state index is 5.96. The third-order valence-electron chi connectivity index (χ3n) is 4.36. The number of likely N-dealkylation sites (tertiary alicyclic amines) is 1. The summed E-state index contributed by atoms with van der Waals surface area (Å²) in [6, 6.07) is 0. The molecule has 1 aliphatic rings. The lowest BCUT2D eigenvalue weighted by Crippen LogP contribution is -2.52. The van der Waals surface area contributed by atoms with Gasteiger partial charge in [0.05, 0.1) is 0 Å². The standard InChI is InChI=1S/C12H26N2/c1-5-12(6-2,9-13)14-7-10(3)11(4)8-14/h10-11H,5-9,13H2,1-4H3. The van der Waals surface area contributed by atoms with Crippen molar-refractivity contribution in [2.24, 2.45) is 17.6 Å². The summed E-state index contributed by atoms with van der Waals surface area (Å²) < 4.78 is 0. The molecule has 1 fully saturated rings. The molecule has 0 spiro atoms. The number of hydrogen-bond acceptors (Lipinski definition) is 2. The van der Waals surface area contributed by atoms with Gasteiger partial charge in [0.25, 0.3) is 0 Å². The van der Waals surface area contributed by atoms with E-state index in [0.29, 0.717) is 0 Å². The second-order valence-electron chi connectivity index (χ2n) is 5.00. The quantitative estimate of drug-likeness (QED) is 0.749. The number of nitrogens with two attached hydrogens (primary N) is 1. The third-order valence-corrected chi connectivity index (χ3v) is 4.36. The number of hydrogen-bond donors (Lipinski definition) is 1. The normalized spacial score (nSPS) is 29.8. The molecule has 14 heavy (non-hydrogen) atoms. The molecule has 0 radical (unpaired) electrons. The van der Waals surface area contributed by atoms with Crippen LogP contribution in [0.5, 0.6) is 0 Å². The molecule has 2 nitrogen and oxygen atoms in total. The van der Waals surface area contributed by atoms with Crippen LogP contribution < -0.4 is 5.73 Å². The van der Waals surface area contributed by atoms with E-state index in [-0.39, 0.29) is 5.54 Å². The summed E-state index contributed by atoms with van der Waals surface area (Å²) in [7, 11) is 0. The van der Waals surface area contributed by atoms with Crippen molar-refractivity contribution in [1.82, 2.24) is 4.90 Å². The molecule has 84 valence electrons. The molecule has 0 saturated carbocycles. The van der Waals surface area contributed by atoms with Crippen molar-refractivity contribution >= 4 is 0 Å². The second kappa shape index (κ2) is 4.63. The zero-order chi connectivity index (χ0) is 10.8. The summed E-state index contributed by atoms with van der Waals surface area (Å²) in [6.45, 7) is 12.5.